The molecule has 0 spiro atoms. The van der Waals surface area contributed by atoms with Gasteiger partial charge in [0.25, 0.3) is 0 Å². The van der Waals surface area contributed by atoms with Gasteiger partial charge in [0.2, 0.25) is 0 Å². The topological polar surface area (TPSA) is 53.2 Å². The summed E-state index contributed by atoms with van der Waals surface area (Å²) < 4.78 is 31.5. The highest BCUT2D eigenvalue weighted by Gasteiger charge is 2.19. The van der Waals surface area contributed by atoms with Crippen LogP contribution in [0, 0.1) is 23.0 Å². The zero-order valence-electron chi connectivity index (χ0n) is 8.49. The summed E-state index contributed by atoms with van der Waals surface area (Å²) in [6.07, 6.45) is -0.971. The first-order valence-electron chi connectivity index (χ1n) is 4.76. The van der Waals surface area contributed by atoms with Crippen molar-refractivity contribution in [3.05, 3.63) is 35.4 Å². The van der Waals surface area contributed by atoms with Crippen LogP contribution in [-0.2, 0) is 4.74 Å². The summed E-state index contributed by atoms with van der Waals surface area (Å²) in [7, 11) is 0. The minimum absolute atomic E-state index is 0.0719. The largest absolute Gasteiger partial charge is 0.396 e. The van der Waals surface area contributed by atoms with E-state index in [-0.39, 0.29) is 18.8 Å². The Hall–Kier alpha value is -1.51. The quantitative estimate of drug-likeness (QED) is 0.782. The molecular weight excluding hydrogens is 216 g/mol. The zero-order chi connectivity index (χ0) is 12.0. The summed E-state index contributed by atoms with van der Waals surface area (Å²) in [6, 6.07) is 5.03. The van der Waals surface area contributed by atoms with Gasteiger partial charge in [0, 0.05) is 6.61 Å². The molecule has 0 aromatic heterocycles. The van der Waals surface area contributed by atoms with Crippen LogP contribution in [0.1, 0.15) is 18.1 Å². The number of ether oxygens (including phenoxy) is 1. The fraction of sp³-hybridized carbons (Fsp3) is 0.364. The van der Waals surface area contributed by atoms with Gasteiger partial charge in [0.05, 0.1) is 18.2 Å². The maximum atomic E-state index is 13.3. The summed E-state index contributed by atoms with van der Waals surface area (Å²) in [4.78, 5) is 0. The lowest BCUT2D eigenvalue weighted by molar-refractivity contribution is 0.0730. The first kappa shape index (κ1) is 12.6. The molecule has 1 aromatic rings. The Morgan fingerprint density at radius 1 is 1.38 bits per heavy atom. The summed E-state index contributed by atoms with van der Waals surface area (Å²) in [5.74, 6) is -1.62. The van der Waals surface area contributed by atoms with Gasteiger partial charge in [-0.25, -0.2) is 8.78 Å². The standard InChI is InChI=1S/C11H11F2NO2/c12-8-3-1-4-9(13)11(8)10(7-14)16-6-2-5-15/h1,3-4,10,15H,2,5-6H2. The van der Waals surface area contributed by atoms with Crippen LogP contribution in [0.3, 0.4) is 0 Å². The molecule has 1 aromatic carbocycles. The number of rotatable bonds is 5. The number of nitriles is 1. The number of aliphatic hydroxyl groups excluding tert-OH is 1. The number of hydrogen-bond donors (Lipinski definition) is 1. The molecular formula is C11H11F2NO2. The molecule has 1 N–H and O–H groups in total. The van der Waals surface area contributed by atoms with Gasteiger partial charge in [-0.2, -0.15) is 5.26 Å². The fourth-order valence-electron chi connectivity index (χ4n) is 1.21. The van der Waals surface area contributed by atoms with Gasteiger partial charge < -0.3 is 9.84 Å². The van der Waals surface area contributed by atoms with Gasteiger partial charge in [0.15, 0.2) is 6.10 Å². The van der Waals surface area contributed by atoms with Crippen LogP contribution in [0.4, 0.5) is 8.78 Å². The molecule has 86 valence electrons. The van der Waals surface area contributed by atoms with Gasteiger partial charge in [0.1, 0.15) is 11.6 Å². The summed E-state index contributed by atoms with van der Waals surface area (Å²) in [5.41, 5.74) is -0.386. The van der Waals surface area contributed by atoms with Crippen LogP contribution < -0.4 is 0 Å². The molecule has 3 nitrogen and oxygen atoms in total. The van der Waals surface area contributed by atoms with Crippen molar-refractivity contribution in [1.29, 1.82) is 5.26 Å². The molecule has 1 atom stereocenters. The third kappa shape index (κ3) is 2.99. The van der Waals surface area contributed by atoms with Crippen molar-refractivity contribution < 1.29 is 18.6 Å². The molecule has 1 rings (SSSR count). The number of hydrogen-bond acceptors (Lipinski definition) is 3. The average molecular weight is 227 g/mol. The van der Waals surface area contributed by atoms with Crippen molar-refractivity contribution in [2.45, 2.75) is 12.5 Å². The van der Waals surface area contributed by atoms with E-state index in [9.17, 15) is 8.78 Å². The molecule has 0 aliphatic heterocycles. The number of halogens is 2. The smallest absolute Gasteiger partial charge is 0.174 e. The van der Waals surface area contributed by atoms with Crippen molar-refractivity contribution in [2.75, 3.05) is 13.2 Å². The molecule has 1 unspecified atom stereocenters. The number of aliphatic hydroxyl groups is 1. The van der Waals surface area contributed by atoms with E-state index in [0.717, 1.165) is 12.1 Å². The van der Waals surface area contributed by atoms with Crippen molar-refractivity contribution in [1.82, 2.24) is 0 Å². The Morgan fingerprint density at radius 3 is 2.50 bits per heavy atom. The molecule has 0 radical (unpaired) electrons. The molecule has 0 saturated carbocycles. The van der Waals surface area contributed by atoms with Crippen molar-refractivity contribution in [3.63, 3.8) is 0 Å². The molecule has 0 amide bonds. The molecule has 5 heteroatoms. The SMILES string of the molecule is N#CC(OCCCO)c1c(F)cccc1F. The Kier molecular flexibility index (Phi) is 4.83. The Labute approximate surface area is 91.9 Å². The number of benzene rings is 1. The molecule has 0 aliphatic rings. The summed E-state index contributed by atoms with van der Waals surface area (Å²) in [6.45, 7) is -0.0274. The van der Waals surface area contributed by atoms with E-state index >= 15 is 0 Å². The van der Waals surface area contributed by atoms with Gasteiger partial charge in [-0.05, 0) is 18.6 Å². The van der Waals surface area contributed by atoms with Gasteiger partial charge in [-0.15, -0.1) is 0 Å². The van der Waals surface area contributed by atoms with Crippen molar-refractivity contribution in [3.8, 4) is 6.07 Å². The van der Waals surface area contributed by atoms with E-state index < -0.39 is 17.7 Å². The van der Waals surface area contributed by atoms with Crippen LogP contribution in [0.15, 0.2) is 18.2 Å². The summed E-state index contributed by atoms with van der Waals surface area (Å²) >= 11 is 0. The first-order chi connectivity index (χ1) is 7.70. The molecule has 0 bridgehead atoms. The maximum Gasteiger partial charge on any atom is 0.174 e. The Bertz CT molecular complexity index is 370. The second-order valence-corrected chi connectivity index (χ2v) is 3.09. The fourth-order valence-corrected chi connectivity index (χ4v) is 1.21. The van der Waals surface area contributed by atoms with Crippen LogP contribution >= 0.6 is 0 Å². The minimum Gasteiger partial charge on any atom is -0.396 e. The minimum atomic E-state index is -1.28. The van der Waals surface area contributed by atoms with Gasteiger partial charge in [-0.3, -0.25) is 0 Å². The van der Waals surface area contributed by atoms with Crippen molar-refractivity contribution >= 4 is 0 Å². The van der Waals surface area contributed by atoms with Crippen LogP contribution in [-0.4, -0.2) is 18.3 Å². The molecule has 0 aliphatic carbocycles. The molecule has 16 heavy (non-hydrogen) atoms. The van der Waals surface area contributed by atoms with E-state index in [4.69, 9.17) is 15.1 Å². The molecule has 0 fully saturated rings. The highest BCUT2D eigenvalue weighted by atomic mass is 19.1. The summed E-state index contributed by atoms with van der Waals surface area (Å²) in [5, 5.41) is 17.3. The lowest BCUT2D eigenvalue weighted by atomic mass is 10.1. The van der Waals surface area contributed by atoms with Crippen LogP contribution in [0.5, 0.6) is 0 Å². The third-order valence-corrected chi connectivity index (χ3v) is 1.97. The van der Waals surface area contributed by atoms with E-state index in [1.165, 1.54) is 6.07 Å². The third-order valence-electron chi connectivity index (χ3n) is 1.97. The Morgan fingerprint density at radius 2 is 2.00 bits per heavy atom. The van der Waals surface area contributed by atoms with E-state index in [0.29, 0.717) is 6.42 Å². The Balaban J connectivity index is 2.83. The molecule has 0 saturated heterocycles. The molecule has 0 heterocycles. The normalized spacial score (nSPS) is 12.1. The monoisotopic (exact) mass is 227 g/mol. The van der Waals surface area contributed by atoms with Gasteiger partial charge >= 0.3 is 0 Å². The average Bonchev–Trinajstić information content (AvgIpc) is 2.26. The van der Waals surface area contributed by atoms with Crippen molar-refractivity contribution in [2.24, 2.45) is 0 Å². The maximum absolute atomic E-state index is 13.3. The highest BCUT2D eigenvalue weighted by Crippen LogP contribution is 2.23. The van der Waals surface area contributed by atoms with E-state index in [2.05, 4.69) is 0 Å². The number of nitrogens with zero attached hydrogens (tertiary/aromatic N) is 1. The first-order valence-corrected chi connectivity index (χ1v) is 4.76. The van der Waals surface area contributed by atoms with Crippen LogP contribution in [0.2, 0.25) is 0 Å². The predicted octanol–water partition coefficient (Wildman–Crippen LogP) is 1.93. The lowest BCUT2D eigenvalue weighted by Crippen LogP contribution is -2.08. The van der Waals surface area contributed by atoms with Gasteiger partial charge in [-0.1, -0.05) is 6.07 Å². The zero-order valence-corrected chi connectivity index (χ0v) is 8.49. The highest BCUT2D eigenvalue weighted by molar-refractivity contribution is 5.26. The van der Waals surface area contributed by atoms with Crippen LogP contribution in [0.25, 0.3) is 0 Å². The van der Waals surface area contributed by atoms with E-state index in [1.54, 1.807) is 6.07 Å². The van der Waals surface area contributed by atoms with E-state index in [1.807, 2.05) is 0 Å². The second-order valence-electron chi connectivity index (χ2n) is 3.09. The predicted molar refractivity (Wildman–Crippen MR) is 52.4 cm³/mol. The lowest BCUT2D eigenvalue weighted by Gasteiger charge is -2.12. The second kappa shape index (κ2) is 6.16.